The van der Waals surface area contributed by atoms with Crippen molar-refractivity contribution in [1.82, 2.24) is 4.90 Å². The van der Waals surface area contributed by atoms with Crippen LogP contribution in [0.3, 0.4) is 0 Å². The number of amides is 2. The number of fused-ring (bicyclic) bond motifs is 1. The fourth-order valence-corrected chi connectivity index (χ4v) is 5.38. The van der Waals surface area contributed by atoms with Gasteiger partial charge in [0.1, 0.15) is 5.00 Å². The Morgan fingerprint density at radius 3 is 2.66 bits per heavy atom. The molecule has 3 aromatic rings. The van der Waals surface area contributed by atoms with Crippen LogP contribution in [-0.4, -0.2) is 34.3 Å². The zero-order chi connectivity index (χ0) is 20.5. The van der Waals surface area contributed by atoms with Crippen molar-refractivity contribution in [3.05, 3.63) is 73.2 Å². The molecule has 2 amide bonds. The summed E-state index contributed by atoms with van der Waals surface area (Å²) in [4.78, 5) is 39.6. The molecule has 2 aromatic heterocycles. The van der Waals surface area contributed by atoms with Crippen LogP contribution in [0.2, 0.25) is 5.02 Å². The molecule has 0 fully saturated rings. The van der Waals surface area contributed by atoms with Gasteiger partial charge in [0.2, 0.25) is 0 Å². The van der Waals surface area contributed by atoms with Crippen LogP contribution >= 0.6 is 34.3 Å². The first-order chi connectivity index (χ1) is 14.0. The van der Waals surface area contributed by atoms with E-state index >= 15 is 0 Å². The zero-order valence-electron chi connectivity index (χ0n) is 15.0. The van der Waals surface area contributed by atoms with E-state index in [-0.39, 0.29) is 27.1 Å². The number of carbonyl (C=O) groups is 3. The Hall–Kier alpha value is -2.68. The fraction of sp³-hybridized carbons (Fsp3) is 0.150. The van der Waals surface area contributed by atoms with Crippen LogP contribution in [0.4, 0.5) is 5.00 Å². The molecule has 2 N–H and O–H groups in total. The van der Waals surface area contributed by atoms with Crippen molar-refractivity contribution in [1.29, 1.82) is 0 Å². The molecule has 0 aliphatic carbocycles. The van der Waals surface area contributed by atoms with Crippen molar-refractivity contribution in [3.8, 4) is 0 Å². The molecule has 1 aliphatic rings. The van der Waals surface area contributed by atoms with Crippen LogP contribution in [0.25, 0.3) is 0 Å². The number of carboxylic acids is 1. The third-order valence-electron chi connectivity index (χ3n) is 4.67. The van der Waals surface area contributed by atoms with Crippen molar-refractivity contribution in [2.75, 3.05) is 11.9 Å². The van der Waals surface area contributed by atoms with Gasteiger partial charge >= 0.3 is 5.97 Å². The first-order valence-electron chi connectivity index (χ1n) is 8.71. The molecule has 0 radical (unpaired) electrons. The lowest BCUT2D eigenvalue weighted by molar-refractivity contribution is 0.0696. The maximum Gasteiger partial charge on any atom is 0.339 e. The summed E-state index contributed by atoms with van der Waals surface area (Å²) in [5.41, 5.74) is 1.66. The van der Waals surface area contributed by atoms with E-state index in [2.05, 4.69) is 5.32 Å². The van der Waals surface area contributed by atoms with Gasteiger partial charge in [0.05, 0.1) is 28.3 Å². The summed E-state index contributed by atoms with van der Waals surface area (Å²) >= 11 is 8.72. The number of hydrogen-bond acceptors (Lipinski definition) is 5. The van der Waals surface area contributed by atoms with Crippen molar-refractivity contribution in [2.45, 2.75) is 13.0 Å². The van der Waals surface area contributed by atoms with E-state index in [4.69, 9.17) is 11.6 Å². The number of thiophene rings is 2. The number of anilines is 1. The standard InChI is InChI=1S/C20H15ClN2O4S2/c21-14-4-2-1-3-12(14)17(24)22-18-16(20(26)27)13-5-7-23(9-15(13)29-18)19(25)11-6-8-28-10-11/h1-4,6,8,10H,5,7,9H2,(H,22,24)(H,26,27). The summed E-state index contributed by atoms with van der Waals surface area (Å²) in [5, 5.41) is 16.6. The highest BCUT2D eigenvalue weighted by atomic mass is 35.5. The first-order valence-corrected chi connectivity index (χ1v) is 10.8. The summed E-state index contributed by atoms with van der Waals surface area (Å²) in [7, 11) is 0. The van der Waals surface area contributed by atoms with E-state index in [0.29, 0.717) is 30.6 Å². The summed E-state index contributed by atoms with van der Waals surface area (Å²) in [6.07, 6.45) is 0.422. The molecule has 6 nitrogen and oxygen atoms in total. The molecule has 29 heavy (non-hydrogen) atoms. The monoisotopic (exact) mass is 446 g/mol. The van der Waals surface area contributed by atoms with Gasteiger partial charge in [-0.2, -0.15) is 11.3 Å². The van der Waals surface area contributed by atoms with Gasteiger partial charge in [-0.3, -0.25) is 9.59 Å². The van der Waals surface area contributed by atoms with Gasteiger partial charge in [-0.05, 0) is 35.6 Å². The zero-order valence-corrected chi connectivity index (χ0v) is 17.4. The predicted molar refractivity (Wildman–Crippen MR) is 113 cm³/mol. The molecule has 1 aromatic carbocycles. The topological polar surface area (TPSA) is 86.7 Å². The summed E-state index contributed by atoms with van der Waals surface area (Å²) in [6.45, 7) is 0.744. The largest absolute Gasteiger partial charge is 0.478 e. The molecule has 0 bridgehead atoms. The van der Waals surface area contributed by atoms with Gasteiger partial charge < -0.3 is 15.3 Å². The average molecular weight is 447 g/mol. The van der Waals surface area contributed by atoms with Crippen molar-refractivity contribution in [2.24, 2.45) is 0 Å². The van der Waals surface area contributed by atoms with Crippen molar-refractivity contribution >= 4 is 57.1 Å². The third kappa shape index (κ3) is 3.78. The molecule has 0 atom stereocenters. The lowest BCUT2D eigenvalue weighted by atomic mass is 10.0. The van der Waals surface area contributed by atoms with Gasteiger partial charge in [0.25, 0.3) is 11.8 Å². The predicted octanol–water partition coefficient (Wildman–Crippen LogP) is 4.61. The second-order valence-corrected chi connectivity index (χ2v) is 8.73. The molecule has 4 rings (SSSR count). The van der Waals surface area contributed by atoms with E-state index < -0.39 is 11.9 Å². The highest BCUT2D eigenvalue weighted by Crippen LogP contribution is 2.38. The number of nitrogens with one attached hydrogen (secondary N) is 1. The van der Waals surface area contributed by atoms with Crippen LogP contribution in [0.1, 0.15) is 41.5 Å². The van der Waals surface area contributed by atoms with Gasteiger partial charge in [-0.1, -0.05) is 23.7 Å². The number of benzene rings is 1. The molecule has 0 spiro atoms. The molecule has 148 valence electrons. The Balaban J connectivity index is 1.62. The fourth-order valence-electron chi connectivity index (χ4n) is 3.28. The lowest BCUT2D eigenvalue weighted by Crippen LogP contribution is -2.35. The number of halogens is 1. The maximum atomic E-state index is 12.6. The van der Waals surface area contributed by atoms with Crippen LogP contribution in [0.15, 0.2) is 41.1 Å². The van der Waals surface area contributed by atoms with E-state index in [1.165, 1.54) is 22.7 Å². The number of nitrogens with zero attached hydrogens (tertiary/aromatic N) is 1. The number of hydrogen-bond donors (Lipinski definition) is 2. The van der Waals surface area contributed by atoms with Gasteiger partial charge in [0, 0.05) is 16.8 Å². The molecule has 1 aliphatic heterocycles. The van der Waals surface area contributed by atoms with Crippen LogP contribution in [-0.2, 0) is 13.0 Å². The minimum Gasteiger partial charge on any atom is -0.478 e. The highest BCUT2D eigenvalue weighted by Gasteiger charge is 2.31. The summed E-state index contributed by atoms with van der Waals surface area (Å²) < 4.78 is 0. The van der Waals surface area contributed by atoms with E-state index in [9.17, 15) is 19.5 Å². The third-order valence-corrected chi connectivity index (χ3v) is 6.82. The molecular formula is C20H15ClN2O4S2. The lowest BCUT2D eigenvalue weighted by Gasteiger charge is -2.26. The molecule has 0 saturated carbocycles. The summed E-state index contributed by atoms with van der Waals surface area (Å²) in [6, 6.07) is 8.35. The van der Waals surface area contributed by atoms with Crippen molar-refractivity contribution < 1.29 is 19.5 Å². The minimum absolute atomic E-state index is 0.0798. The SMILES string of the molecule is O=C(Nc1sc2c(c1C(=O)O)CCN(C(=O)c1ccsc1)C2)c1ccccc1Cl. The maximum absolute atomic E-state index is 12.6. The number of carboxylic acid groups (broad SMARTS) is 1. The average Bonchev–Trinajstić information content (AvgIpc) is 3.34. The van der Waals surface area contributed by atoms with E-state index in [1.807, 2.05) is 5.38 Å². The van der Waals surface area contributed by atoms with Gasteiger partial charge in [0.15, 0.2) is 0 Å². The molecule has 9 heteroatoms. The minimum atomic E-state index is -1.10. The van der Waals surface area contributed by atoms with Crippen LogP contribution in [0.5, 0.6) is 0 Å². The van der Waals surface area contributed by atoms with Crippen LogP contribution in [0, 0.1) is 0 Å². The quantitative estimate of drug-likeness (QED) is 0.612. The number of aromatic carboxylic acids is 1. The molecular weight excluding hydrogens is 432 g/mol. The van der Waals surface area contributed by atoms with E-state index in [1.54, 1.807) is 40.6 Å². The molecule has 0 saturated heterocycles. The normalized spacial score (nSPS) is 13.1. The molecule has 0 unspecified atom stereocenters. The van der Waals surface area contributed by atoms with E-state index in [0.717, 1.165) is 4.88 Å². The Morgan fingerprint density at radius 2 is 1.97 bits per heavy atom. The first kappa shape index (κ1) is 19.6. The second kappa shape index (κ2) is 7.98. The number of carbonyl (C=O) groups excluding carboxylic acids is 2. The number of rotatable bonds is 4. The Bertz CT molecular complexity index is 1110. The second-order valence-electron chi connectivity index (χ2n) is 6.44. The Labute approximate surface area is 179 Å². The van der Waals surface area contributed by atoms with Crippen LogP contribution < -0.4 is 5.32 Å². The van der Waals surface area contributed by atoms with Crippen molar-refractivity contribution in [3.63, 3.8) is 0 Å². The Kier molecular flexibility index (Phi) is 5.40. The highest BCUT2D eigenvalue weighted by molar-refractivity contribution is 7.17. The van der Waals surface area contributed by atoms with Gasteiger partial charge in [-0.25, -0.2) is 4.79 Å². The summed E-state index contributed by atoms with van der Waals surface area (Å²) in [5.74, 6) is -1.65. The smallest absolute Gasteiger partial charge is 0.339 e. The Morgan fingerprint density at radius 1 is 1.17 bits per heavy atom. The van der Waals surface area contributed by atoms with Gasteiger partial charge in [-0.15, -0.1) is 11.3 Å². The molecule has 3 heterocycles.